The van der Waals surface area contributed by atoms with Gasteiger partial charge in [-0.25, -0.2) is 4.39 Å². The highest BCUT2D eigenvalue weighted by molar-refractivity contribution is 5.65. The summed E-state index contributed by atoms with van der Waals surface area (Å²) in [5.41, 5.74) is 2.91. The van der Waals surface area contributed by atoms with Gasteiger partial charge in [-0.1, -0.05) is 78.9 Å². The van der Waals surface area contributed by atoms with E-state index >= 15 is 0 Å². The molecule has 0 N–H and O–H groups in total. The minimum Gasteiger partial charge on any atom is -0.207 e. The van der Waals surface area contributed by atoms with Gasteiger partial charge in [0.15, 0.2) is 0 Å². The number of hydrogen-bond acceptors (Lipinski definition) is 0. The molecule has 0 atom stereocenters. The standard InChI is InChI=1S/C27H20F4/c28-25-13-11-20(12-14-25)23-15-19(16-24(18-23)27(29,30)31)17-26(21-7-3-1-4-8-21)22-9-5-2-6-10-22/h1-16,18,26H,17H2. The van der Waals surface area contributed by atoms with E-state index in [9.17, 15) is 17.6 Å². The van der Waals surface area contributed by atoms with E-state index in [0.717, 1.165) is 17.2 Å². The van der Waals surface area contributed by atoms with Crippen LogP contribution >= 0.6 is 0 Å². The normalized spacial score (nSPS) is 11.6. The number of halogens is 4. The fraction of sp³-hybridized carbons (Fsp3) is 0.111. The molecule has 4 heteroatoms. The van der Waals surface area contributed by atoms with Gasteiger partial charge in [-0.2, -0.15) is 13.2 Å². The van der Waals surface area contributed by atoms with Crippen LogP contribution in [0.1, 0.15) is 28.2 Å². The van der Waals surface area contributed by atoms with Crippen LogP contribution in [0.5, 0.6) is 0 Å². The average molecular weight is 420 g/mol. The van der Waals surface area contributed by atoms with Crippen LogP contribution in [0.25, 0.3) is 11.1 Å². The lowest BCUT2D eigenvalue weighted by Crippen LogP contribution is -2.09. The summed E-state index contributed by atoms with van der Waals surface area (Å²) in [7, 11) is 0. The highest BCUT2D eigenvalue weighted by atomic mass is 19.4. The Hall–Kier alpha value is -3.40. The van der Waals surface area contributed by atoms with Crippen molar-refractivity contribution >= 4 is 0 Å². The first-order chi connectivity index (χ1) is 14.9. The van der Waals surface area contributed by atoms with Gasteiger partial charge in [0.25, 0.3) is 0 Å². The van der Waals surface area contributed by atoms with Gasteiger partial charge in [-0.3, -0.25) is 0 Å². The topological polar surface area (TPSA) is 0 Å². The summed E-state index contributed by atoms with van der Waals surface area (Å²) in [5, 5.41) is 0. The lowest BCUT2D eigenvalue weighted by atomic mass is 9.85. The zero-order chi connectivity index (χ0) is 21.8. The fourth-order valence-corrected chi connectivity index (χ4v) is 3.82. The second-order valence-electron chi connectivity index (χ2n) is 7.50. The molecule has 0 unspecified atom stereocenters. The monoisotopic (exact) mass is 420 g/mol. The highest BCUT2D eigenvalue weighted by Crippen LogP contribution is 2.36. The molecule has 0 spiro atoms. The van der Waals surface area contributed by atoms with Crippen molar-refractivity contribution in [1.29, 1.82) is 0 Å². The Morgan fingerprint density at radius 3 is 1.68 bits per heavy atom. The summed E-state index contributed by atoms with van der Waals surface area (Å²) in [6.07, 6.45) is -4.06. The minimum absolute atomic E-state index is 0.0908. The van der Waals surface area contributed by atoms with Crippen molar-refractivity contribution in [3.63, 3.8) is 0 Å². The van der Waals surface area contributed by atoms with Crippen LogP contribution in [0, 0.1) is 5.82 Å². The van der Waals surface area contributed by atoms with Crippen LogP contribution in [-0.4, -0.2) is 0 Å². The van der Waals surface area contributed by atoms with Crippen molar-refractivity contribution in [2.45, 2.75) is 18.5 Å². The summed E-state index contributed by atoms with van der Waals surface area (Å²) in [5.74, 6) is -0.517. The number of rotatable bonds is 5. The fourth-order valence-electron chi connectivity index (χ4n) is 3.82. The smallest absolute Gasteiger partial charge is 0.207 e. The van der Waals surface area contributed by atoms with E-state index in [1.54, 1.807) is 6.07 Å². The van der Waals surface area contributed by atoms with Crippen LogP contribution in [0.4, 0.5) is 17.6 Å². The first-order valence-electron chi connectivity index (χ1n) is 9.97. The Morgan fingerprint density at radius 1 is 0.613 bits per heavy atom. The molecule has 0 bridgehead atoms. The van der Waals surface area contributed by atoms with Crippen LogP contribution in [0.2, 0.25) is 0 Å². The van der Waals surface area contributed by atoms with Gasteiger partial charge in [0.2, 0.25) is 0 Å². The molecule has 0 amide bonds. The van der Waals surface area contributed by atoms with Crippen molar-refractivity contribution in [1.82, 2.24) is 0 Å². The Balaban J connectivity index is 1.79. The number of hydrogen-bond donors (Lipinski definition) is 0. The summed E-state index contributed by atoms with van der Waals surface area (Å²) in [6, 6.07) is 29.1. The average Bonchev–Trinajstić information content (AvgIpc) is 2.78. The summed E-state index contributed by atoms with van der Waals surface area (Å²) >= 11 is 0. The third kappa shape index (κ3) is 5.02. The second-order valence-corrected chi connectivity index (χ2v) is 7.50. The molecule has 0 radical (unpaired) electrons. The van der Waals surface area contributed by atoms with Gasteiger partial charge < -0.3 is 0 Å². The van der Waals surface area contributed by atoms with Crippen molar-refractivity contribution < 1.29 is 17.6 Å². The largest absolute Gasteiger partial charge is 0.416 e. The van der Waals surface area contributed by atoms with Crippen LogP contribution < -0.4 is 0 Å². The van der Waals surface area contributed by atoms with Gasteiger partial charge in [0.1, 0.15) is 5.82 Å². The lowest BCUT2D eigenvalue weighted by Gasteiger charge is -2.20. The second kappa shape index (κ2) is 8.76. The first kappa shape index (κ1) is 20.9. The Kier molecular flexibility index (Phi) is 5.90. The Morgan fingerprint density at radius 2 is 1.16 bits per heavy atom. The van der Waals surface area contributed by atoms with Crippen LogP contribution in [-0.2, 0) is 12.6 Å². The molecule has 0 nitrogen and oxygen atoms in total. The maximum Gasteiger partial charge on any atom is 0.416 e. The maximum absolute atomic E-state index is 13.7. The van der Waals surface area contributed by atoms with E-state index in [0.29, 0.717) is 23.1 Å². The van der Waals surface area contributed by atoms with E-state index < -0.39 is 17.6 Å². The Labute approximate surface area is 178 Å². The van der Waals surface area contributed by atoms with Gasteiger partial charge in [0.05, 0.1) is 5.56 Å². The molecule has 0 aliphatic carbocycles. The predicted molar refractivity (Wildman–Crippen MR) is 115 cm³/mol. The van der Waals surface area contributed by atoms with Crippen LogP contribution in [0.3, 0.4) is 0 Å². The third-order valence-corrected chi connectivity index (χ3v) is 5.34. The summed E-state index contributed by atoms with van der Waals surface area (Å²) < 4.78 is 54.3. The van der Waals surface area contributed by atoms with Gasteiger partial charge in [-0.15, -0.1) is 0 Å². The van der Waals surface area contributed by atoms with Crippen LogP contribution in [0.15, 0.2) is 103 Å². The quantitative estimate of drug-likeness (QED) is 0.288. The molecular weight excluding hydrogens is 400 g/mol. The molecular formula is C27H20F4. The molecule has 0 aliphatic heterocycles. The van der Waals surface area contributed by atoms with Crippen molar-refractivity contribution in [2.75, 3.05) is 0 Å². The predicted octanol–water partition coefficient (Wildman–Crippen LogP) is 7.89. The molecule has 4 rings (SSSR count). The number of alkyl halides is 3. The lowest BCUT2D eigenvalue weighted by molar-refractivity contribution is -0.137. The van der Waals surface area contributed by atoms with Gasteiger partial charge in [-0.05, 0) is 58.5 Å². The van der Waals surface area contributed by atoms with Gasteiger partial charge in [0, 0.05) is 5.92 Å². The van der Waals surface area contributed by atoms with E-state index in [1.165, 1.54) is 30.3 Å². The molecule has 0 heterocycles. The molecule has 156 valence electrons. The molecule has 0 fully saturated rings. The van der Waals surface area contributed by atoms with Gasteiger partial charge >= 0.3 is 6.18 Å². The first-order valence-corrected chi connectivity index (χ1v) is 9.97. The Bertz CT molecular complexity index is 1090. The summed E-state index contributed by atoms with van der Waals surface area (Å²) in [4.78, 5) is 0. The van der Waals surface area contributed by atoms with E-state index in [4.69, 9.17) is 0 Å². The van der Waals surface area contributed by atoms with Crippen molar-refractivity contribution in [2.24, 2.45) is 0 Å². The maximum atomic E-state index is 13.7. The summed E-state index contributed by atoms with van der Waals surface area (Å²) in [6.45, 7) is 0. The molecule has 4 aromatic carbocycles. The third-order valence-electron chi connectivity index (χ3n) is 5.34. The highest BCUT2D eigenvalue weighted by Gasteiger charge is 2.31. The van der Waals surface area contributed by atoms with E-state index in [1.807, 2.05) is 60.7 Å². The minimum atomic E-state index is -4.47. The molecule has 0 aromatic heterocycles. The molecule has 4 aromatic rings. The number of benzene rings is 4. The molecule has 0 saturated carbocycles. The zero-order valence-electron chi connectivity index (χ0n) is 16.6. The zero-order valence-corrected chi connectivity index (χ0v) is 16.6. The van der Waals surface area contributed by atoms with E-state index in [-0.39, 0.29) is 5.92 Å². The molecule has 0 aliphatic rings. The molecule has 0 saturated heterocycles. The van der Waals surface area contributed by atoms with E-state index in [2.05, 4.69) is 0 Å². The van der Waals surface area contributed by atoms with Crippen molar-refractivity contribution in [3.8, 4) is 11.1 Å². The van der Waals surface area contributed by atoms with Crippen molar-refractivity contribution in [3.05, 3.63) is 131 Å². The molecule has 31 heavy (non-hydrogen) atoms. The SMILES string of the molecule is Fc1ccc(-c2cc(CC(c3ccccc3)c3ccccc3)cc(C(F)(F)F)c2)cc1.